The monoisotopic (exact) mass is 406 g/mol. The van der Waals surface area contributed by atoms with Crippen molar-refractivity contribution in [2.45, 2.75) is 13.3 Å². The van der Waals surface area contributed by atoms with E-state index in [4.69, 9.17) is 27.9 Å². The van der Waals surface area contributed by atoms with Gasteiger partial charge in [0.15, 0.2) is 5.78 Å². The average Bonchev–Trinajstić information content (AvgIpc) is 3.12. The summed E-state index contributed by atoms with van der Waals surface area (Å²) in [5, 5.41) is 13.0. The quantitative estimate of drug-likeness (QED) is 0.546. The molecule has 1 heterocycles. The molecule has 0 spiro atoms. The Morgan fingerprint density at radius 3 is 2.50 bits per heavy atom. The first-order valence-corrected chi connectivity index (χ1v) is 9.53. The van der Waals surface area contributed by atoms with Crippen LogP contribution in [0.1, 0.15) is 18.1 Å². The van der Waals surface area contributed by atoms with Crippen molar-refractivity contribution in [1.29, 1.82) is 0 Å². The molecule has 134 valence electrons. The van der Waals surface area contributed by atoms with E-state index in [1.807, 2.05) is 29.6 Å². The number of ketones is 1. The zero-order valence-electron chi connectivity index (χ0n) is 14.0. The van der Waals surface area contributed by atoms with Crippen LogP contribution in [0.3, 0.4) is 0 Å². The Morgan fingerprint density at radius 1 is 1.15 bits per heavy atom. The highest BCUT2D eigenvalue weighted by atomic mass is 35.5. The van der Waals surface area contributed by atoms with Crippen LogP contribution >= 0.6 is 34.5 Å². The largest absolute Gasteiger partial charge is 0.507 e. The van der Waals surface area contributed by atoms with Gasteiger partial charge in [0, 0.05) is 26.9 Å². The number of aromatic hydroxyl groups is 1. The van der Waals surface area contributed by atoms with Crippen molar-refractivity contribution >= 4 is 40.3 Å². The van der Waals surface area contributed by atoms with Gasteiger partial charge in [-0.05, 0) is 53.8 Å². The van der Waals surface area contributed by atoms with Gasteiger partial charge in [-0.25, -0.2) is 0 Å². The van der Waals surface area contributed by atoms with E-state index >= 15 is 0 Å². The topological polar surface area (TPSA) is 46.5 Å². The lowest BCUT2D eigenvalue weighted by atomic mass is 10.0. The van der Waals surface area contributed by atoms with Gasteiger partial charge in [0.25, 0.3) is 0 Å². The average molecular weight is 407 g/mol. The van der Waals surface area contributed by atoms with Crippen molar-refractivity contribution in [3.05, 3.63) is 69.0 Å². The normalized spacial score (nSPS) is 10.7. The number of rotatable bonds is 6. The molecule has 0 unspecified atom stereocenters. The van der Waals surface area contributed by atoms with Gasteiger partial charge in [0.2, 0.25) is 0 Å². The lowest BCUT2D eigenvalue weighted by molar-refractivity contribution is -0.118. The molecule has 0 saturated carbocycles. The number of Topliss-reactive ketones (excluding diaryl/α,β-unsaturated/α-hetero) is 1. The molecule has 0 bridgehead atoms. The molecule has 0 amide bonds. The van der Waals surface area contributed by atoms with Crippen molar-refractivity contribution in [2.75, 3.05) is 6.61 Å². The second-order valence-electron chi connectivity index (χ2n) is 5.86. The molecule has 1 N–H and O–H groups in total. The molecule has 2 aromatic carbocycles. The van der Waals surface area contributed by atoms with E-state index in [0.29, 0.717) is 22.2 Å². The van der Waals surface area contributed by atoms with Crippen molar-refractivity contribution in [2.24, 2.45) is 0 Å². The van der Waals surface area contributed by atoms with Crippen molar-refractivity contribution < 1.29 is 14.6 Å². The fourth-order valence-corrected chi connectivity index (χ4v) is 3.90. The van der Waals surface area contributed by atoms with Gasteiger partial charge in [0.1, 0.15) is 18.1 Å². The summed E-state index contributed by atoms with van der Waals surface area (Å²) in [6.07, 6.45) is 0.517. The van der Waals surface area contributed by atoms with Gasteiger partial charge in [-0.2, -0.15) is 0 Å². The van der Waals surface area contributed by atoms with E-state index in [1.54, 1.807) is 29.5 Å². The van der Waals surface area contributed by atoms with Crippen LogP contribution in [-0.2, 0) is 11.2 Å². The van der Waals surface area contributed by atoms with Crippen LogP contribution in [0.25, 0.3) is 10.4 Å². The molecule has 0 radical (unpaired) electrons. The summed E-state index contributed by atoms with van der Waals surface area (Å²) in [5.74, 6) is 0.622. The Kier molecular flexibility index (Phi) is 5.87. The second kappa shape index (κ2) is 8.12. The van der Waals surface area contributed by atoms with Crippen molar-refractivity contribution in [1.82, 2.24) is 0 Å². The lowest BCUT2D eigenvalue weighted by Crippen LogP contribution is -2.06. The molecule has 1 aromatic heterocycles. The molecule has 3 nitrogen and oxygen atoms in total. The van der Waals surface area contributed by atoms with Gasteiger partial charge in [-0.15, -0.1) is 11.3 Å². The minimum absolute atomic E-state index is 0.0197. The minimum Gasteiger partial charge on any atom is -0.507 e. The third-order valence-electron chi connectivity index (χ3n) is 3.79. The Bertz CT molecular complexity index is 913. The Morgan fingerprint density at radius 2 is 1.88 bits per heavy atom. The van der Waals surface area contributed by atoms with E-state index in [0.717, 1.165) is 21.6 Å². The Labute approximate surface area is 165 Å². The molecule has 0 aliphatic carbocycles. The van der Waals surface area contributed by atoms with E-state index in [-0.39, 0.29) is 18.1 Å². The highest BCUT2D eigenvalue weighted by Gasteiger charge is 2.13. The molecule has 0 fully saturated rings. The first-order chi connectivity index (χ1) is 12.4. The number of halogens is 2. The fourth-order valence-electron chi connectivity index (χ4n) is 2.54. The van der Waals surface area contributed by atoms with Gasteiger partial charge in [0.05, 0.1) is 0 Å². The molecule has 0 atom stereocenters. The van der Waals surface area contributed by atoms with Gasteiger partial charge < -0.3 is 9.84 Å². The van der Waals surface area contributed by atoms with E-state index in [1.165, 1.54) is 6.92 Å². The standard InChI is InChI=1S/C20H16Cl2O3S/c1-12(23)11-25-14-9-17(21)15(18(22)10-14)7-13-4-5-19(24)16(8-13)20-3-2-6-26-20/h2-6,8-10,24H,7,11H2,1H3. The number of phenols is 1. The molecule has 0 aliphatic rings. The molecule has 3 aromatic rings. The Hall–Kier alpha value is -2.01. The number of ether oxygens (including phenoxy) is 1. The zero-order valence-corrected chi connectivity index (χ0v) is 16.3. The van der Waals surface area contributed by atoms with E-state index in [2.05, 4.69) is 0 Å². The van der Waals surface area contributed by atoms with Crippen LogP contribution in [0, 0.1) is 0 Å². The maximum absolute atomic E-state index is 11.0. The highest BCUT2D eigenvalue weighted by molar-refractivity contribution is 7.13. The van der Waals surface area contributed by atoms with E-state index < -0.39 is 0 Å². The predicted octanol–water partition coefficient (Wildman–Crippen LogP) is 5.99. The van der Waals surface area contributed by atoms with Crippen LogP contribution in [-0.4, -0.2) is 17.5 Å². The fraction of sp³-hybridized carbons (Fsp3) is 0.150. The van der Waals surface area contributed by atoms with Gasteiger partial charge >= 0.3 is 0 Å². The maximum atomic E-state index is 11.0. The minimum atomic E-state index is -0.0773. The van der Waals surface area contributed by atoms with Gasteiger partial charge in [-0.1, -0.05) is 35.3 Å². The molecule has 0 aliphatic heterocycles. The van der Waals surface area contributed by atoms with Crippen LogP contribution in [0.4, 0.5) is 0 Å². The first kappa shape index (κ1) is 18.8. The SMILES string of the molecule is CC(=O)COc1cc(Cl)c(Cc2ccc(O)c(-c3cccs3)c2)c(Cl)c1. The van der Waals surface area contributed by atoms with Crippen LogP contribution in [0.5, 0.6) is 11.5 Å². The number of thiophene rings is 1. The Balaban J connectivity index is 1.87. The zero-order chi connectivity index (χ0) is 18.7. The van der Waals surface area contributed by atoms with Crippen LogP contribution in [0.2, 0.25) is 10.0 Å². The first-order valence-electron chi connectivity index (χ1n) is 7.90. The molecular formula is C20H16Cl2O3S. The summed E-state index contributed by atoms with van der Waals surface area (Å²) >= 11 is 14.3. The molecule has 6 heteroatoms. The second-order valence-corrected chi connectivity index (χ2v) is 7.62. The highest BCUT2D eigenvalue weighted by Crippen LogP contribution is 2.36. The molecule has 3 rings (SSSR count). The summed E-state index contributed by atoms with van der Waals surface area (Å²) in [6, 6.07) is 12.7. The third-order valence-corrected chi connectivity index (χ3v) is 5.36. The van der Waals surface area contributed by atoms with Gasteiger partial charge in [-0.3, -0.25) is 4.79 Å². The number of benzene rings is 2. The molecule has 26 heavy (non-hydrogen) atoms. The number of carbonyl (C=O) groups is 1. The third kappa shape index (κ3) is 4.39. The van der Waals surface area contributed by atoms with Crippen molar-refractivity contribution in [3.8, 4) is 21.9 Å². The summed E-state index contributed by atoms with van der Waals surface area (Å²) in [5.41, 5.74) is 2.53. The molecular weight excluding hydrogens is 391 g/mol. The molecule has 0 saturated heterocycles. The summed E-state index contributed by atoms with van der Waals surface area (Å²) in [7, 11) is 0. The lowest BCUT2D eigenvalue weighted by Gasteiger charge is -2.12. The smallest absolute Gasteiger partial charge is 0.167 e. The number of carbonyl (C=O) groups excluding carboxylic acids is 1. The number of phenolic OH excluding ortho intramolecular Hbond substituents is 1. The summed E-state index contributed by atoms with van der Waals surface area (Å²) in [4.78, 5) is 12.0. The summed E-state index contributed by atoms with van der Waals surface area (Å²) in [6.45, 7) is 1.43. The number of hydrogen-bond acceptors (Lipinski definition) is 4. The maximum Gasteiger partial charge on any atom is 0.167 e. The van der Waals surface area contributed by atoms with E-state index in [9.17, 15) is 9.90 Å². The van der Waals surface area contributed by atoms with Crippen molar-refractivity contribution in [3.63, 3.8) is 0 Å². The van der Waals surface area contributed by atoms with Crippen LogP contribution in [0.15, 0.2) is 47.8 Å². The van der Waals surface area contributed by atoms with Crippen LogP contribution < -0.4 is 4.74 Å². The predicted molar refractivity (Wildman–Crippen MR) is 107 cm³/mol. The summed E-state index contributed by atoms with van der Waals surface area (Å²) < 4.78 is 5.37. The number of hydrogen-bond donors (Lipinski definition) is 1.